The van der Waals surface area contributed by atoms with E-state index < -0.39 is 12.0 Å². The fourth-order valence-electron chi connectivity index (χ4n) is 1.14. The molecule has 106 valence electrons. The van der Waals surface area contributed by atoms with Crippen LogP contribution in [0.3, 0.4) is 0 Å². The van der Waals surface area contributed by atoms with Crippen molar-refractivity contribution >= 4 is 23.6 Å². The molecule has 0 aromatic carbocycles. The monoisotopic (exact) mass is 278 g/mol. The second kappa shape index (κ2) is 10.2. The van der Waals surface area contributed by atoms with E-state index in [1.165, 1.54) is 18.9 Å². The summed E-state index contributed by atoms with van der Waals surface area (Å²) in [4.78, 5) is 22.6. The van der Waals surface area contributed by atoms with Gasteiger partial charge in [-0.1, -0.05) is 0 Å². The Kier molecular flexibility index (Phi) is 9.72. The van der Waals surface area contributed by atoms with Crippen molar-refractivity contribution in [2.24, 2.45) is 5.73 Å². The molecule has 0 aliphatic carbocycles. The molecule has 1 amide bonds. The number of carbonyl (C=O) groups is 2. The van der Waals surface area contributed by atoms with Crippen molar-refractivity contribution in [3.63, 3.8) is 0 Å². The summed E-state index contributed by atoms with van der Waals surface area (Å²) in [6.07, 6.45) is 0.493. The molecule has 0 saturated heterocycles. The highest BCUT2D eigenvalue weighted by Crippen LogP contribution is 2.12. The third-order valence-corrected chi connectivity index (χ3v) is 3.46. The van der Waals surface area contributed by atoms with Crippen LogP contribution in [0.15, 0.2) is 0 Å². The Labute approximate surface area is 112 Å². The van der Waals surface area contributed by atoms with Gasteiger partial charge in [-0.15, -0.1) is 11.8 Å². The lowest BCUT2D eigenvalue weighted by molar-refractivity contribution is -0.142. The minimum absolute atomic E-state index is 0.0383. The minimum atomic E-state index is -0.619. The molecule has 0 saturated carbocycles. The second-order valence-electron chi connectivity index (χ2n) is 3.72. The number of methoxy groups -OCH3 is 2. The molecule has 0 aliphatic heterocycles. The Balaban J connectivity index is 3.72. The van der Waals surface area contributed by atoms with Gasteiger partial charge >= 0.3 is 5.97 Å². The molecule has 0 aromatic heterocycles. The summed E-state index contributed by atoms with van der Waals surface area (Å²) in [5.41, 5.74) is 5.58. The predicted octanol–water partition coefficient (Wildman–Crippen LogP) is -0.239. The van der Waals surface area contributed by atoms with Gasteiger partial charge in [0.15, 0.2) is 0 Å². The van der Waals surface area contributed by atoms with Crippen LogP contribution in [-0.4, -0.2) is 56.3 Å². The smallest absolute Gasteiger partial charge is 0.322 e. The Morgan fingerprint density at radius 3 is 2.61 bits per heavy atom. The van der Waals surface area contributed by atoms with Gasteiger partial charge in [0.1, 0.15) is 6.04 Å². The first kappa shape index (κ1) is 17.2. The number of ether oxygens (including phenoxy) is 2. The van der Waals surface area contributed by atoms with Crippen molar-refractivity contribution in [3.8, 4) is 0 Å². The average molecular weight is 278 g/mol. The highest BCUT2D eigenvalue weighted by molar-refractivity contribution is 8.00. The van der Waals surface area contributed by atoms with Gasteiger partial charge in [0.25, 0.3) is 0 Å². The third-order valence-electron chi connectivity index (χ3n) is 2.28. The molecular weight excluding hydrogens is 256 g/mol. The molecule has 6 nitrogen and oxygen atoms in total. The van der Waals surface area contributed by atoms with Gasteiger partial charge in [0.05, 0.1) is 19.0 Å². The van der Waals surface area contributed by atoms with E-state index in [0.717, 1.165) is 0 Å². The maximum atomic E-state index is 11.6. The Morgan fingerprint density at radius 2 is 2.06 bits per heavy atom. The molecule has 2 unspecified atom stereocenters. The summed E-state index contributed by atoms with van der Waals surface area (Å²) in [6, 6.07) is -0.619. The fourth-order valence-corrected chi connectivity index (χ4v) is 2.11. The highest BCUT2D eigenvalue weighted by Gasteiger charge is 2.16. The first-order valence-electron chi connectivity index (χ1n) is 5.74. The van der Waals surface area contributed by atoms with E-state index in [1.54, 1.807) is 7.11 Å². The lowest BCUT2D eigenvalue weighted by atomic mass is 10.2. The summed E-state index contributed by atoms with van der Waals surface area (Å²) < 4.78 is 9.35. The zero-order chi connectivity index (χ0) is 14.0. The summed E-state index contributed by atoms with van der Waals surface area (Å²) in [5.74, 6) is 0.172. The van der Waals surface area contributed by atoms with E-state index >= 15 is 0 Å². The molecule has 0 fully saturated rings. The zero-order valence-electron chi connectivity index (χ0n) is 11.1. The van der Waals surface area contributed by atoms with Crippen molar-refractivity contribution < 1.29 is 19.1 Å². The normalized spacial score (nSPS) is 13.8. The summed E-state index contributed by atoms with van der Waals surface area (Å²) in [7, 11) is 2.89. The van der Waals surface area contributed by atoms with Crippen LogP contribution < -0.4 is 11.1 Å². The van der Waals surface area contributed by atoms with E-state index in [9.17, 15) is 9.59 Å². The van der Waals surface area contributed by atoms with Gasteiger partial charge in [0, 0.05) is 13.7 Å². The maximum Gasteiger partial charge on any atom is 0.322 e. The molecule has 0 spiro atoms. The summed E-state index contributed by atoms with van der Waals surface area (Å²) in [5, 5.41) is 2.57. The molecule has 0 aromatic rings. The van der Waals surface area contributed by atoms with Crippen LogP contribution in [0.4, 0.5) is 0 Å². The SMILES string of the molecule is COCCNC(=O)C(C)SCCC(N)C(=O)OC. The fraction of sp³-hybridized carbons (Fsp3) is 0.818. The molecule has 2 atom stereocenters. The quantitative estimate of drug-likeness (QED) is 0.447. The highest BCUT2D eigenvalue weighted by atomic mass is 32.2. The van der Waals surface area contributed by atoms with Gasteiger partial charge in [-0.05, 0) is 19.1 Å². The third kappa shape index (κ3) is 7.52. The molecule has 0 rings (SSSR count). The number of carbonyl (C=O) groups excluding carboxylic acids is 2. The summed E-state index contributed by atoms with van der Waals surface area (Å²) in [6.45, 7) is 2.81. The molecule has 18 heavy (non-hydrogen) atoms. The first-order valence-corrected chi connectivity index (χ1v) is 6.79. The summed E-state index contributed by atoms with van der Waals surface area (Å²) >= 11 is 1.46. The van der Waals surface area contributed by atoms with Crippen molar-refractivity contribution in [1.82, 2.24) is 5.32 Å². The second-order valence-corrected chi connectivity index (χ2v) is 5.16. The van der Waals surface area contributed by atoms with Crippen LogP contribution >= 0.6 is 11.8 Å². The van der Waals surface area contributed by atoms with E-state index in [4.69, 9.17) is 10.5 Å². The number of thioether (sulfide) groups is 1. The van der Waals surface area contributed by atoms with Crippen molar-refractivity contribution in [1.29, 1.82) is 0 Å². The number of hydrogen-bond acceptors (Lipinski definition) is 6. The molecular formula is C11H22N2O4S. The van der Waals surface area contributed by atoms with Crippen LogP contribution in [0.5, 0.6) is 0 Å². The topological polar surface area (TPSA) is 90.6 Å². The standard InChI is InChI=1S/C11H22N2O4S/c1-8(10(14)13-5-6-16-2)18-7-4-9(12)11(15)17-3/h8-9H,4-7,12H2,1-3H3,(H,13,14). The van der Waals surface area contributed by atoms with Gasteiger partial charge in [-0.2, -0.15) is 0 Å². The number of hydrogen-bond donors (Lipinski definition) is 2. The lowest BCUT2D eigenvalue weighted by Gasteiger charge is -2.13. The molecule has 3 N–H and O–H groups in total. The van der Waals surface area contributed by atoms with Gasteiger partial charge in [-0.3, -0.25) is 9.59 Å². The molecule has 0 bridgehead atoms. The number of rotatable bonds is 9. The molecule has 7 heteroatoms. The Hall–Kier alpha value is -0.790. The van der Waals surface area contributed by atoms with Crippen molar-refractivity contribution in [3.05, 3.63) is 0 Å². The predicted molar refractivity (Wildman–Crippen MR) is 71.4 cm³/mol. The van der Waals surface area contributed by atoms with E-state index in [-0.39, 0.29) is 11.2 Å². The number of nitrogens with two attached hydrogens (primary N) is 1. The molecule has 0 radical (unpaired) electrons. The van der Waals surface area contributed by atoms with Crippen LogP contribution in [0.25, 0.3) is 0 Å². The molecule has 0 aliphatic rings. The van der Waals surface area contributed by atoms with E-state index in [1.807, 2.05) is 6.92 Å². The maximum absolute atomic E-state index is 11.6. The van der Waals surface area contributed by atoms with Crippen LogP contribution in [0.2, 0.25) is 0 Å². The Bertz CT molecular complexity index is 263. The van der Waals surface area contributed by atoms with E-state index in [0.29, 0.717) is 25.3 Å². The van der Waals surface area contributed by atoms with Crippen molar-refractivity contribution in [2.75, 3.05) is 33.1 Å². The van der Waals surface area contributed by atoms with Crippen LogP contribution in [0.1, 0.15) is 13.3 Å². The van der Waals surface area contributed by atoms with Gasteiger partial charge in [0.2, 0.25) is 5.91 Å². The van der Waals surface area contributed by atoms with Gasteiger partial charge in [-0.25, -0.2) is 0 Å². The number of esters is 1. The first-order chi connectivity index (χ1) is 8.52. The number of amides is 1. The zero-order valence-corrected chi connectivity index (χ0v) is 11.9. The lowest BCUT2D eigenvalue weighted by Crippen LogP contribution is -2.34. The van der Waals surface area contributed by atoms with Crippen LogP contribution in [-0.2, 0) is 19.1 Å². The van der Waals surface area contributed by atoms with Crippen molar-refractivity contribution in [2.45, 2.75) is 24.6 Å². The van der Waals surface area contributed by atoms with Crippen LogP contribution in [0, 0.1) is 0 Å². The number of nitrogens with one attached hydrogen (secondary N) is 1. The van der Waals surface area contributed by atoms with E-state index in [2.05, 4.69) is 10.1 Å². The minimum Gasteiger partial charge on any atom is -0.468 e. The largest absolute Gasteiger partial charge is 0.468 e. The molecule has 0 heterocycles. The average Bonchev–Trinajstić information content (AvgIpc) is 2.37. The Morgan fingerprint density at radius 1 is 1.39 bits per heavy atom. The van der Waals surface area contributed by atoms with Gasteiger partial charge < -0.3 is 20.5 Å².